The largest absolute Gasteiger partial charge is 0.325 e. The van der Waals surface area contributed by atoms with Crippen molar-refractivity contribution in [3.05, 3.63) is 65.5 Å². The van der Waals surface area contributed by atoms with E-state index >= 15 is 0 Å². The van der Waals surface area contributed by atoms with Crippen LogP contribution in [0.4, 0.5) is 10.1 Å². The minimum absolute atomic E-state index is 0.121. The van der Waals surface area contributed by atoms with Crippen molar-refractivity contribution >= 4 is 11.6 Å². The normalized spacial score (nSPS) is 11.5. The number of nitrogens with zero attached hydrogens (tertiary/aromatic N) is 1. The molecule has 0 unspecified atom stereocenters. The molecule has 0 aliphatic rings. The van der Waals surface area contributed by atoms with E-state index in [0.717, 1.165) is 11.6 Å². The van der Waals surface area contributed by atoms with Gasteiger partial charge in [0, 0.05) is 5.69 Å². The van der Waals surface area contributed by atoms with Crippen LogP contribution in [0.15, 0.2) is 48.5 Å². The first kappa shape index (κ1) is 14.7. The predicted molar refractivity (Wildman–Crippen MR) is 77.9 cm³/mol. The summed E-state index contributed by atoms with van der Waals surface area (Å²) in [6.07, 6.45) is 0.402. The van der Waals surface area contributed by atoms with Gasteiger partial charge in [0.1, 0.15) is 11.9 Å². The molecule has 0 aromatic heterocycles. The van der Waals surface area contributed by atoms with Crippen LogP contribution in [-0.2, 0) is 11.2 Å². The number of anilines is 1. The van der Waals surface area contributed by atoms with Crippen LogP contribution in [0.3, 0.4) is 0 Å². The van der Waals surface area contributed by atoms with Gasteiger partial charge >= 0.3 is 0 Å². The molecule has 0 saturated carbocycles. The first-order valence-corrected chi connectivity index (χ1v) is 6.40. The lowest BCUT2D eigenvalue weighted by atomic mass is 10.1. The molecule has 0 fully saturated rings. The van der Waals surface area contributed by atoms with Crippen LogP contribution in [0.5, 0.6) is 0 Å². The maximum Gasteiger partial charge on any atom is 0.241 e. The summed E-state index contributed by atoms with van der Waals surface area (Å²) >= 11 is 0. The zero-order chi connectivity index (χ0) is 15.2. The monoisotopic (exact) mass is 283 g/mol. The van der Waals surface area contributed by atoms with Gasteiger partial charge in [0.15, 0.2) is 0 Å². The fourth-order valence-electron chi connectivity index (χ4n) is 1.88. The summed E-state index contributed by atoms with van der Waals surface area (Å²) in [4.78, 5) is 12.0. The molecule has 21 heavy (non-hydrogen) atoms. The van der Waals surface area contributed by atoms with Gasteiger partial charge in [-0.25, -0.2) is 4.39 Å². The van der Waals surface area contributed by atoms with Crippen molar-refractivity contribution in [3.63, 3.8) is 0 Å². The van der Waals surface area contributed by atoms with E-state index < -0.39 is 11.9 Å². The molecule has 0 aliphatic heterocycles. The average Bonchev–Trinajstić information content (AvgIpc) is 2.50. The zero-order valence-corrected chi connectivity index (χ0v) is 11.2. The van der Waals surface area contributed by atoms with Crippen LogP contribution in [0.25, 0.3) is 0 Å². The topological polar surface area (TPSA) is 78.9 Å². The highest BCUT2D eigenvalue weighted by Crippen LogP contribution is 2.14. The third-order valence-corrected chi connectivity index (χ3v) is 2.99. The molecule has 2 rings (SSSR count). The minimum atomic E-state index is -0.719. The van der Waals surface area contributed by atoms with Crippen molar-refractivity contribution in [2.75, 3.05) is 5.32 Å². The van der Waals surface area contributed by atoms with Gasteiger partial charge in [-0.3, -0.25) is 4.79 Å². The Kier molecular flexibility index (Phi) is 4.64. The molecule has 0 radical (unpaired) electrons. The molecule has 1 amide bonds. The van der Waals surface area contributed by atoms with Crippen molar-refractivity contribution in [1.29, 1.82) is 5.26 Å². The highest BCUT2D eigenvalue weighted by molar-refractivity contribution is 5.95. The highest BCUT2D eigenvalue weighted by Gasteiger charge is 2.15. The summed E-state index contributed by atoms with van der Waals surface area (Å²) in [6, 6.07) is 14.2. The lowest BCUT2D eigenvalue weighted by Crippen LogP contribution is -2.37. The maximum absolute atomic E-state index is 13.2. The van der Waals surface area contributed by atoms with Crippen molar-refractivity contribution in [2.45, 2.75) is 12.5 Å². The predicted octanol–water partition coefficient (Wildman–Crippen LogP) is 2.21. The van der Waals surface area contributed by atoms with E-state index in [1.165, 1.54) is 12.1 Å². The molecule has 0 spiro atoms. The Morgan fingerprint density at radius 2 is 2.00 bits per heavy atom. The number of carbonyl (C=O) groups excluding carboxylic acids is 1. The molecule has 5 heteroatoms. The lowest BCUT2D eigenvalue weighted by Gasteiger charge is -2.12. The number of nitrogens with one attached hydrogen (secondary N) is 1. The Bertz CT molecular complexity index is 680. The first-order valence-electron chi connectivity index (χ1n) is 6.40. The van der Waals surface area contributed by atoms with Crippen molar-refractivity contribution in [1.82, 2.24) is 0 Å². The molecular weight excluding hydrogens is 269 g/mol. The summed E-state index contributed by atoms with van der Waals surface area (Å²) in [5.41, 5.74) is 7.03. The van der Waals surface area contributed by atoms with Crippen LogP contribution in [0, 0.1) is 17.1 Å². The van der Waals surface area contributed by atoms with E-state index in [4.69, 9.17) is 11.0 Å². The third kappa shape index (κ3) is 3.88. The molecule has 0 heterocycles. The molecular formula is C16H14FN3O. The van der Waals surface area contributed by atoms with Gasteiger partial charge in [-0.15, -0.1) is 0 Å². The fourth-order valence-corrected chi connectivity index (χ4v) is 1.88. The summed E-state index contributed by atoms with van der Waals surface area (Å²) in [6.45, 7) is 0. The van der Waals surface area contributed by atoms with E-state index in [-0.39, 0.29) is 11.5 Å². The quantitative estimate of drug-likeness (QED) is 0.902. The Morgan fingerprint density at radius 1 is 1.29 bits per heavy atom. The van der Waals surface area contributed by atoms with Crippen LogP contribution < -0.4 is 11.1 Å². The molecule has 1 atom stereocenters. The van der Waals surface area contributed by atoms with Crippen molar-refractivity contribution in [2.24, 2.45) is 5.73 Å². The fraction of sp³-hybridized carbons (Fsp3) is 0.125. The summed E-state index contributed by atoms with van der Waals surface area (Å²) in [5.74, 6) is -1.00. The van der Waals surface area contributed by atoms with Gasteiger partial charge in [0.05, 0.1) is 11.6 Å². The third-order valence-electron chi connectivity index (χ3n) is 2.99. The molecule has 106 valence electrons. The summed E-state index contributed by atoms with van der Waals surface area (Å²) < 4.78 is 13.2. The molecule has 0 saturated heterocycles. The van der Waals surface area contributed by atoms with Gasteiger partial charge in [-0.1, -0.05) is 30.3 Å². The summed E-state index contributed by atoms with van der Waals surface area (Å²) in [5, 5.41) is 11.3. The second kappa shape index (κ2) is 6.64. The van der Waals surface area contributed by atoms with Crippen LogP contribution in [-0.4, -0.2) is 11.9 Å². The van der Waals surface area contributed by atoms with E-state index in [9.17, 15) is 9.18 Å². The van der Waals surface area contributed by atoms with E-state index in [1.807, 2.05) is 30.3 Å². The summed E-state index contributed by atoms with van der Waals surface area (Å²) in [7, 11) is 0. The second-order valence-electron chi connectivity index (χ2n) is 4.59. The number of benzene rings is 2. The number of nitrogens with two attached hydrogens (primary N) is 1. The minimum Gasteiger partial charge on any atom is -0.325 e. The molecule has 0 bridgehead atoms. The Morgan fingerprint density at radius 3 is 2.67 bits per heavy atom. The van der Waals surface area contributed by atoms with E-state index in [0.29, 0.717) is 12.1 Å². The van der Waals surface area contributed by atoms with Gasteiger partial charge in [0.2, 0.25) is 5.91 Å². The van der Waals surface area contributed by atoms with Crippen molar-refractivity contribution < 1.29 is 9.18 Å². The molecule has 2 aromatic carbocycles. The van der Waals surface area contributed by atoms with Gasteiger partial charge in [-0.05, 0) is 30.2 Å². The van der Waals surface area contributed by atoms with Crippen LogP contribution in [0.1, 0.15) is 11.1 Å². The number of hydrogen-bond acceptors (Lipinski definition) is 3. The first-order chi connectivity index (χ1) is 10.1. The van der Waals surface area contributed by atoms with E-state index in [1.54, 1.807) is 6.07 Å². The average molecular weight is 283 g/mol. The lowest BCUT2D eigenvalue weighted by molar-refractivity contribution is -0.117. The number of nitriles is 1. The number of carbonyl (C=O) groups is 1. The maximum atomic E-state index is 13.2. The Balaban J connectivity index is 2.03. The number of rotatable bonds is 4. The molecule has 4 nitrogen and oxygen atoms in total. The highest BCUT2D eigenvalue weighted by atomic mass is 19.1. The molecule has 2 aromatic rings. The second-order valence-corrected chi connectivity index (χ2v) is 4.59. The van der Waals surface area contributed by atoms with Gasteiger partial charge in [-0.2, -0.15) is 5.26 Å². The Hall–Kier alpha value is -2.71. The number of amides is 1. The number of hydrogen-bond donors (Lipinski definition) is 2. The van der Waals surface area contributed by atoms with Gasteiger partial charge < -0.3 is 11.1 Å². The van der Waals surface area contributed by atoms with Crippen molar-refractivity contribution in [3.8, 4) is 6.07 Å². The number of halogens is 1. The zero-order valence-electron chi connectivity index (χ0n) is 11.2. The molecule has 3 N–H and O–H groups in total. The SMILES string of the molecule is N#Cc1cc(NC(=O)[C@@H](N)Cc2ccccc2)ccc1F. The van der Waals surface area contributed by atoms with Gasteiger partial charge in [0.25, 0.3) is 0 Å². The standard InChI is InChI=1S/C16H14FN3O/c17-14-7-6-13(9-12(14)10-18)20-16(21)15(19)8-11-4-2-1-3-5-11/h1-7,9,15H,8,19H2,(H,20,21)/t15-/m0/s1. The van der Waals surface area contributed by atoms with E-state index in [2.05, 4.69) is 5.32 Å². The smallest absolute Gasteiger partial charge is 0.241 e. The van der Waals surface area contributed by atoms with Crippen LogP contribution >= 0.6 is 0 Å². The molecule has 0 aliphatic carbocycles. The Labute approximate surface area is 122 Å². The van der Waals surface area contributed by atoms with Crippen LogP contribution in [0.2, 0.25) is 0 Å².